The number of Topliss-reactive ketones (excluding diaryl/α,β-unsaturated/α-hetero) is 1. The molecule has 1 unspecified atom stereocenters. The Bertz CT molecular complexity index is 2100. The number of hydrogen-bond donors (Lipinski definition) is 1. The first-order valence-corrected chi connectivity index (χ1v) is 17.9. The van der Waals surface area contributed by atoms with Gasteiger partial charge in [-0.25, -0.2) is 23.1 Å². The average molecular weight is 690 g/mol. The summed E-state index contributed by atoms with van der Waals surface area (Å²) in [6.45, 7) is 0. The molecule has 50 heavy (non-hydrogen) atoms. The third kappa shape index (κ3) is 8.55. The number of nitrogens with one attached hydrogen (secondary N) is 1. The van der Waals surface area contributed by atoms with E-state index in [4.69, 9.17) is 9.47 Å². The van der Waals surface area contributed by atoms with Crippen LogP contribution in [0.15, 0.2) is 134 Å². The van der Waals surface area contributed by atoms with Crippen LogP contribution >= 0.6 is 0 Å². The van der Waals surface area contributed by atoms with Crippen LogP contribution < -0.4 is 14.2 Å². The Labute approximate surface area is 292 Å². The highest BCUT2D eigenvalue weighted by atomic mass is 32.2. The lowest BCUT2D eigenvalue weighted by Gasteiger charge is -2.21. The lowest BCUT2D eigenvalue weighted by Crippen LogP contribution is -2.36. The molecule has 0 amide bonds. The maximum absolute atomic E-state index is 13.8. The van der Waals surface area contributed by atoms with Crippen LogP contribution in [0.1, 0.15) is 41.2 Å². The van der Waals surface area contributed by atoms with Crippen molar-refractivity contribution >= 4 is 15.8 Å². The second-order valence-electron chi connectivity index (χ2n) is 12.0. The summed E-state index contributed by atoms with van der Waals surface area (Å²) in [6.07, 6.45) is 7.77. The van der Waals surface area contributed by atoms with Crippen molar-refractivity contribution in [1.82, 2.24) is 23.8 Å². The van der Waals surface area contributed by atoms with E-state index in [0.29, 0.717) is 30.2 Å². The largest absolute Gasteiger partial charge is 0.497 e. The SMILES string of the molecule is COc1ccc(-n2ccnc2C(CC(=O)CS(=O)(=O)N[C@@H](Cc2ccccc2)c2nccn2-c2ccc(OC)cc2)Cc2ccccc2)cc1. The number of benzene rings is 4. The highest BCUT2D eigenvalue weighted by Gasteiger charge is 2.29. The number of aromatic nitrogens is 4. The zero-order chi connectivity index (χ0) is 34.9. The molecule has 0 fully saturated rings. The van der Waals surface area contributed by atoms with Crippen molar-refractivity contribution in [3.63, 3.8) is 0 Å². The molecule has 0 aliphatic carbocycles. The molecule has 4 aromatic carbocycles. The number of sulfonamides is 1. The number of rotatable bonds is 16. The molecule has 0 saturated heterocycles. The molecule has 2 aromatic heterocycles. The summed E-state index contributed by atoms with van der Waals surface area (Å²) in [5, 5.41) is 0. The average Bonchev–Trinajstić information content (AvgIpc) is 3.83. The van der Waals surface area contributed by atoms with Crippen molar-refractivity contribution in [2.24, 2.45) is 0 Å². The van der Waals surface area contributed by atoms with Gasteiger partial charge in [0.05, 0.1) is 20.3 Å². The molecule has 0 spiro atoms. The summed E-state index contributed by atoms with van der Waals surface area (Å²) in [5.74, 6) is 1.11. The molecule has 256 valence electrons. The maximum Gasteiger partial charge on any atom is 0.219 e. The molecule has 0 bridgehead atoms. The first-order valence-electron chi connectivity index (χ1n) is 16.3. The number of carbonyl (C=O) groups excluding carboxylic acids is 1. The summed E-state index contributed by atoms with van der Waals surface area (Å²) >= 11 is 0. The second kappa shape index (κ2) is 15.8. The summed E-state index contributed by atoms with van der Waals surface area (Å²) in [6, 6.07) is 33.7. The van der Waals surface area contributed by atoms with Gasteiger partial charge in [0.1, 0.15) is 34.7 Å². The lowest BCUT2D eigenvalue weighted by atomic mass is 9.93. The Morgan fingerprint density at radius 2 is 1.16 bits per heavy atom. The lowest BCUT2D eigenvalue weighted by molar-refractivity contribution is -0.117. The molecule has 6 rings (SSSR count). The van der Waals surface area contributed by atoms with Crippen LogP contribution in [0, 0.1) is 0 Å². The standard InChI is InChI=1S/C39H39N5O5S/c1-48-35-17-13-32(14-18-35)43-23-21-40-38(43)31(25-29-9-5-3-6-10-29)27-34(45)28-50(46,47)42-37(26-30-11-7-4-8-12-30)39-41-22-24-44(39)33-15-19-36(49-2)20-16-33/h3-24,31,37,42H,25-28H2,1-2H3/t31?,37-/m0/s1. The molecule has 2 heterocycles. The Morgan fingerprint density at radius 1 is 0.680 bits per heavy atom. The van der Waals surface area contributed by atoms with E-state index in [1.165, 1.54) is 0 Å². The van der Waals surface area contributed by atoms with E-state index in [2.05, 4.69) is 14.7 Å². The minimum atomic E-state index is -4.11. The van der Waals surface area contributed by atoms with Crippen LogP contribution in [0.2, 0.25) is 0 Å². The van der Waals surface area contributed by atoms with Crippen molar-refractivity contribution < 1.29 is 22.7 Å². The van der Waals surface area contributed by atoms with Gasteiger partial charge in [0, 0.05) is 48.5 Å². The summed E-state index contributed by atoms with van der Waals surface area (Å²) in [5.41, 5.74) is 3.59. The van der Waals surface area contributed by atoms with E-state index >= 15 is 0 Å². The van der Waals surface area contributed by atoms with Crippen LogP contribution in [0.3, 0.4) is 0 Å². The number of ether oxygens (including phenoxy) is 2. The topological polar surface area (TPSA) is 117 Å². The fraction of sp³-hybridized carbons (Fsp3) is 0.205. The molecule has 1 N–H and O–H groups in total. The Kier molecular flexibility index (Phi) is 10.9. The highest BCUT2D eigenvalue weighted by Crippen LogP contribution is 2.28. The van der Waals surface area contributed by atoms with Gasteiger partial charge in [-0.05, 0) is 72.5 Å². The molecular formula is C39H39N5O5S. The van der Waals surface area contributed by atoms with Gasteiger partial charge in [-0.15, -0.1) is 0 Å². The number of methoxy groups -OCH3 is 2. The Hall–Kier alpha value is -5.52. The van der Waals surface area contributed by atoms with E-state index in [-0.39, 0.29) is 12.3 Å². The molecule has 0 aliphatic heterocycles. The maximum atomic E-state index is 13.8. The Morgan fingerprint density at radius 3 is 1.68 bits per heavy atom. The Balaban J connectivity index is 1.25. The molecule has 0 radical (unpaired) electrons. The normalized spacial score (nSPS) is 12.7. The predicted molar refractivity (Wildman–Crippen MR) is 193 cm³/mol. The van der Waals surface area contributed by atoms with Gasteiger partial charge in [0.15, 0.2) is 0 Å². The van der Waals surface area contributed by atoms with Crippen molar-refractivity contribution in [3.05, 3.63) is 157 Å². The zero-order valence-electron chi connectivity index (χ0n) is 27.9. The fourth-order valence-electron chi connectivity index (χ4n) is 6.11. The third-order valence-electron chi connectivity index (χ3n) is 8.47. The summed E-state index contributed by atoms with van der Waals surface area (Å²) < 4.78 is 44.9. The van der Waals surface area contributed by atoms with Gasteiger partial charge in [-0.1, -0.05) is 60.7 Å². The molecule has 0 saturated carbocycles. The highest BCUT2D eigenvalue weighted by molar-refractivity contribution is 7.90. The quantitative estimate of drug-likeness (QED) is 0.127. The number of carbonyl (C=O) groups is 1. The van der Waals surface area contributed by atoms with Crippen LogP contribution in [0.4, 0.5) is 0 Å². The fourth-order valence-corrected chi connectivity index (χ4v) is 7.35. The minimum absolute atomic E-state index is 0.0210. The zero-order valence-corrected chi connectivity index (χ0v) is 28.7. The van der Waals surface area contributed by atoms with E-state index < -0.39 is 27.6 Å². The van der Waals surface area contributed by atoms with Gasteiger partial charge in [0.25, 0.3) is 0 Å². The van der Waals surface area contributed by atoms with Crippen molar-refractivity contribution in [2.45, 2.75) is 31.2 Å². The van der Waals surface area contributed by atoms with Gasteiger partial charge in [-0.3, -0.25) is 4.79 Å². The number of imidazole rings is 2. The third-order valence-corrected chi connectivity index (χ3v) is 9.82. The van der Waals surface area contributed by atoms with Gasteiger partial charge < -0.3 is 18.6 Å². The van der Waals surface area contributed by atoms with Gasteiger partial charge in [0.2, 0.25) is 10.0 Å². The van der Waals surface area contributed by atoms with Crippen LogP contribution in [0.5, 0.6) is 11.5 Å². The minimum Gasteiger partial charge on any atom is -0.497 e. The van der Waals surface area contributed by atoms with Gasteiger partial charge in [-0.2, -0.15) is 0 Å². The molecule has 6 aromatic rings. The summed E-state index contributed by atoms with van der Waals surface area (Å²) in [4.78, 5) is 23.0. The van der Waals surface area contributed by atoms with Gasteiger partial charge >= 0.3 is 0 Å². The number of ketones is 1. The van der Waals surface area contributed by atoms with E-state index in [1.54, 1.807) is 32.8 Å². The second-order valence-corrected chi connectivity index (χ2v) is 13.7. The summed E-state index contributed by atoms with van der Waals surface area (Å²) in [7, 11) is -0.895. The first kappa shape index (κ1) is 34.3. The van der Waals surface area contributed by atoms with E-state index in [1.807, 2.05) is 125 Å². The predicted octanol–water partition coefficient (Wildman–Crippen LogP) is 6.26. The smallest absolute Gasteiger partial charge is 0.219 e. The van der Waals surface area contributed by atoms with E-state index in [9.17, 15) is 13.2 Å². The van der Waals surface area contributed by atoms with Crippen LogP contribution in [-0.4, -0.2) is 53.3 Å². The van der Waals surface area contributed by atoms with Crippen LogP contribution in [-0.2, 0) is 27.7 Å². The molecule has 11 heteroatoms. The molecule has 0 aliphatic rings. The number of nitrogens with zero attached hydrogens (tertiary/aromatic N) is 4. The van der Waals surface area contributed by atoms with Crippen molar-refractivity contribution in [1.29, 1.82) is 0 Å². The number of hydrogen-bond acceptors (Lipinski definition) is 7. The molecular weight excluding hydrogens is 651 g/mol. The first-order chi connectivity index (χ1) is 24.3. The van der Waals surface area contributed by atoms with Crippen molar-refractivity contribution in [2.75, 3.05) is 20.0 Å². The molecule has 10 nitrogen and oxygen atoms in total. The van der Waals surface area contributed by atoms with Crippen molar-refractivity contribution in [3.8, 4) is 22.9 Å². The van der Waals surface area contributed by atoms with E-state index in [0.717, 1.165) is 28.3 Å². The molecule has 2 atom stereocenters. The van der Waals surface area contributed by atoms with Crippen LogP contribution in [0.25, 0.3) is 11.4 Å². The monoisotopic (exact) mass is 689 g/mol.